The van der Waals surface area contributed by atoms with Crippen LogP contribution in [-0.4, -0.2) is 23.6 Å². The van der Waals surface area contributed by atoms with Crippen molar-refractivity contribution in [2.45, 2.75) is 38.5 Å². The maximum absolute atomic E-state index is 11.0. The first-order valence-corrected chi connectivity index (χ1v) is 10.9. The lowest BCUT2D eigenvalue weighted by Crippen LogP contribution is -2.26. The van der Waals surface area contributed by atoms with Gasteiger partial charge in [-0.1, -0.05) is 66.7 Å². The molecule has 30 heavy (non-hydrogen) atoms. The minimum atomic E-state index is -0.387. The Hall–Kier alpha value is -2.62. The molecule has 0 spiro atoms. The number of ether oxygens (including phenoxy) is 1. The Labute approximate surface area is 179 Å². The van der Waals surface area contributed by atoms with E-state index < -0.39 is 0 Å². The van der Waals surface area contributed by atoms with E-state index in [4.69, 9.17) is 4.74 Å². The summed E-state index contributed by atoms with van der Waals surface area (Å²) in [4.78, 5) is 2.35. The fourth-order valence-corrected chi connectivity index (χ4v) is 4.33. The molecule has 2 atom stereocenters. The molecule has 0 heterocycles. The quantitative estimate of drug-likeness (QED) is 0.550. The van der Waals surface area contributed by atoms with Gasteiger partial charge in [-0.3, -0.25) is 0 Å². The molecule has 0 saturated heterocycles. The summed E-state index contributed by atoms with van der Waals surface area (Å²) in [5, 5.41) is 11.0. The normalized spacial score (nSPS) is 18.2. The van der Waals surface area contributed by atoms with Gasteiger partial charge >= 0.3 is 0 Å². The highest BCUT2D eigenvalue weighted by Gasteiger charge is 2.28. The van der Waals surface area contributed by atoms with Crippen molar-refractivity contribution in [2.75, 3.05) is 13.6 Å². The summed E-state index contributed by atoms with van der Waals surface area (Å²) in [7, 11) is 2.16. The van der Waals surface area contributed by atoms with Crippen molar-refractivity contribution >= 4 is 0 Å². The first-order valence-electron chi connectivity index (χ1n) is 10.9. The SMILES string of the molecule is CN(CCC1CCc2cc(OCc3ccccc3)ccc2C1O)Cc1ccccc1. The Kier molecular flexibility index (Phi) is 6.83. The molecule has 1 aliphatic rings. The third-order valence-electron chi connectivity index (χ3n) is 6.09. The zero-order chi connectivity index (χ0) is 20.8. The first kappa shape index (κ1) is 20.6. The molecular formula is C27H31NO2. The van der Waals surface area contributed by atoms with Crippen molar-refractivity contribution in [1.29, 1.82) is 0 Å². The average Bonchev–Trinajstić information content (AvgIpc) is 2.78. The van der Waals surface area contributed by atoms with Crippen LogP contribution < -0.4 is 4.74 Å². The van der Waals surface area contributed by atoms with E-state index in [0.717, 1.165) is 49.2 Å². The van der Waals surface area contributed by atoms with Crippen molar-refractivity contribution in [3.05, 3.63) is 101 Å². The monoisotopic (exact) mass is 401 g/mol. The van der Waals surface area contributed by atoms with Crippen LogP contribution in [0.25, 0.3) is 0 Å². The maximum atomic E-state index is 11.0. The molecule has 0 saturated carbocycles. The van der Waals surface area contributed by atoms with Gasteiger partial charge in [-0.15, -0.1) is 0 Å². The second-order valence-electron chi connectivity index (χ2n) is 8.39. The molecule has 2 unspecified atom stereocenters. The topological polar surface area (TPSA) is 32.7 Å². The van der Waals surface area contributed by atoms with Crippen molar-refractivity contribution in [3.8, 4) is 5.75 Å². The van der Waals surface area contributed by atoms with Gasteiger partial charge in [0.1, 0.15) is 12.4 Å². The lowest BCUT2D eigenvalue weighted by molar-refractivity contribution is 0.0816. The molecule has 0 aliphatic heterocycles. The lowest BCUT2D eigenvalue weighted by atomic mass is 9.79. The molecule has 0 amide bonds. The van der Waals surface area contributed by atoms with Crippen LogP contribution in [0.2, 0.25) is 0 Å². The molecular weight excluding hydrogens is 370 g/mol. The summed E-state index contributed by atoms with van der Waals surface area (Å²) in [6, 6.07) is 26.9. The predicted octanol–water partition coefficient (Wildman–Crippen LogP) is 5.38. The molecule has 3 aromatic carbocycles. The number of nitrogens with zero attached hydrogens (tertiary/aromatic N) is 1. The third kappa shape index (κ3) is 5.29. The molecule has 3 heteroatoms. The van der Waals surface area contributed by atoms with E-state index in [-0.39, 0.29) is 6.10 Å². The van der Waals surface area contributed by atoms with Crippen LogP contribution in [0.3, 0.4) is 0 Å². The van der Waals surface area contributed by atoms with E-state index in [0.29, 0.717) is 12.5 Å². The van der Waals surface area contributed by atoms with Gasteiger partial charge in [0.2, 0.25) is 0 Å². The summed E-state index contributed by atoms with van der Waals surface area (Å²) in [6.07, 6.45) is 2.65. The second-order valence-corrected chi connectivity index (χ2v) is 8.39. The molecule has 156 valence electrons. The standard InChI is InChI=1S/C27H31NO2/c1-28(19-21-8-4-2-5-9-21)17-16-23-12-13-24-18-25(14-15-26(24)27(23)29)30-20-22-10-6-3-7-11-22/h2-11,14-15,18,23,27,29H,12-13,16-17,19-20H2,1H3. The number of aliphatic hydroxyl groups is 1. The van der Waals surface area contributed by atoms with E-state index in [1.165, 1.54) is 11.1 Å². The summed E-state index contributed by atoms with van der Waals surface area (Å²) in [6.45, 7) is 2.51. The van der Waals surface area contributed by atoms with Gasteiger partial charge < -0.3 is 14.7 Å². The smallest absolute Gasteiger partial charge is 0.120 e. The van der Waals surface area contributed by atoms with Crippen LogP contribution in [-0.2, 0) is 19.6 Å². The van der Waals surface area contributed by atoms with E-state index in [1.54, 1.807) is 0 Å². The Morgan fingerprint density at radius 2 is 1.63 bits per heavy atom. The molecule has 0 aromatic heterocycles. The third-order valence-corrected chi connectivity index (χ3v) is 6.09. The number of aryl methyl sites for hydroxylation is 1. The molecule has 0 radical (unpaired) electrons. The zero-order valence-corrected chi connectivity index (χ0v) is 17.7. The van der Waals surface area contributed by atoms with Gasteiger partial charge in [0.15, 0.2) is 0 Å². The summed E-state index contributed by atoms with van der Waals surface area (Å²) < 4.78 is 5.97. The zero-order valence-electron chi connectivity index (χ0n) is 17.7. The van der Waals surface area contributed by atoms with Crippen molar-refractivity contribution in [3.63, 3.8) is 0 Å². The highest BCUT2D eigenvalue weighted by Crippen LogP contribution is 2.38. The van der Waals surface area contributed by atoms with Gasteiger partial charge in [0.05, 0.1) is 6.10 Å². The molecule has 0 bridgehead atoms. The van der Waals surface area contributed by atoms with Crippen LogP contribution in [0.1, 0.15) is 41.2 Å². The maximum Gasteiger partial charge on any atom is 0.120 e. The molecule has 4 rings (SSSR count). The first-order chi connectivity index (χ1) is 14.7. The number of hydrogen-bond acceptors (Lipinski definition) is 3. The Morgan fingerprint density at radius 1 is 0.933 bits per heavy atom. The van der Waals surface area contributed by atoms with Gasteiger partial charge in [-0.2, -0.15) is 0 Å². The van der Waals surface area contributed by atoms with Crippen LogP contribution >= 0.6 is 0 Å². The second kappa shape index (κ2) is 9.92. The van der Waals surface area contributed by atoms with Crippen LogP contribution in [0.5, 0.6) is 5.75 Å². The molecule has 1 N–H and O–H groups in total. The molecule has 1 aliphatic carbocycles. The van der Waals surface area contributed by atoms with E-state index in [9.17, 15) is 5.11 Å². The summed E-state index contributed by atoms with van der Waals surface area (Å²) >= 11 is 0. The van der Waals surface area contributed by atoms with E-state index in [1.807, 2.05) is 24.3 Å². The Balaban J connectivity index is 1.31. The average molecular weight is 402 g/mol. The lowest BCUT2D eigenvalue weighted by Gasteiger charge is -2.31. The summed E-state index contributed by atoms with van der Waals surface area (Å²) in [5.41, 5.74) is 4.79. The van der Waals surface area contributed by atoms with Gasteiger partial charge in [-0.05, 0) is 73.2 Å². The Bertz CT molecular complexity index is 926. The van der Waals surface area contributed by atoms with Gasteiger partial charge in [0.25, 0.3) is 0 Å². The fourth-order valence-electron chi connectivity index (χ4n) is 4.33. The van der Waals surface area contributed by atoms with E-state index >= 15 is 0 Å². The van der Waals surface area contributed by atoms with E-state index in [2.05, 4.69) is 66.5 Å². The predicted molar refractivity (Wildman–Crippen MR) is 121 cm³/mol. The fraction of sp³-hybridized carbons (Fsp3) is 0.333. The van der Waals surface area contributed by atoms with Crippen molar-refractivity contribution in [1.82, 2.24) is 4.90 Å². The minimum absolute atomic E-state index is 0.312. The number of fused-ring (bicyclic) bond motifs is 1. The molecule has 3 nitrogen and oxygen atoms in total. The highest BCUT2D eigenvalue weighted by molar-refractivity contribution is 5.39. The van der Waals surface area contributed by atoms with Gasteiger partial charge in [-0.25, -0.2) is 0 Å². The van der Waals surface area contributed by atoms with Crippen molar-refractivity contribution < 1.29 is 9.84 Å². The number of rotatable bonds is 8. The van der Waals surface area contributed by atoms with Gasteiger partial charge in [0, 0.05) is 6.54 Å². The number of hydrogen-bond donors (Lipinski definition) is 1. The van der Waals surface area contributed by atoms with Crippen LogP contribution in [0.15, 0.2) is 78.9 Å². The van der Waals surface area contributed by atoms with Crippen molar-refractivity contribution in [2.24, 2.45) is 5.92 Å². The largest absolute Gasteiger partial charge is 0.489 e. The minimum Gasteiger partial charge on any atom is -0.489 e. The highest BCUT2D eigenvalue weighted by atomic mass is 16.5. The van der Waals surface area contributed by atoms with Crippen LogP contribution in [0.4, 0.5) is 0 Å². The number of benzene rings is 3. The number of aliphatic hydroxyl groups excluding tert-OH is 1. The summed E-state index contributed by atoms with van der Waals surface area (Å²) in [5.74, 6) is 1.19. The van der Waals surface area contributed by atoms with Crippen LogP contribution in [0, 0.1) is 5.92 Å². The Morgan fingerprint density at radius 3 is 2.37 bits per heavy atom. The molecule has 3 aromatic rings. The molecule has 0 fully saturated rings.